The van der Waals surface area contributed by atoms with Crippen molar-refractivity contribution in [3.8, 4) is 0 Å². The largest absolute Gasteiger partial charge is 0.356 e. The molecule has 0 radical (unpaired) electrons. The molecule has 3 nitrogen and oxygen atoms in total. The Bertz CT molecular complexity index is 507. The molecule has 1 aromatic carbocycles. The third kappa shape index (κ3) is 1.98. The highest BCUT2D eigenvalue weighted by Crippen LogP contribution is 2.49. The van der Waals surface area contributed by atoms with Gasteiger partial charge in [-0.1, -0.05) is 12.1 Å². The average molecular weight is 241 g/mol. The SMILES string of the molecule is c1ccc2[nH]c(NCC(C3CC3)C3CC3)nc2c1. The Balaban J connectivity index is 1.46. The Kier molecular flexibility index (Phi) is 2.32. The number of fused-ring (bicyclic) bond motifs is 1. The zero-order chi connectivity index (χ0) is 11.9. The van der Waals surface area contributed by atoms with Gasteiger partial charge in [-0.3, -0.25) is 0 Å². The topological polar surface area (TPSA) is 40.7 Å². The quantitative estimate of drug-likeness (QED) is 0.842. The second-order valence-corrected chi connectivity index (χ2v) is 5.82. The molecule has 2 N–H and O–H groups in total. The lowest BCUT2D eigenvalue weighted by molar-refractivity contribution is 0.427. The number of aromatic nitrogens is 2. The van der Waals surface area contributed by atoms with Gasteiger partial charge in [0.15, 0.2) is 0 Å². The molecule has 0 saturated heterocycles. The molecule has 0 bridgehead atoms. The van der Waals surface area contributed by atoms with Crippen molar-refractivity contribution in [2.24, 2.45) is 17.8 Å². The van der Waals surface area contributed by atoms with Gasteiger partial charge in [0.1, 0.15) is 0 Å². The Morgan fingerprint density at radius 3 is 2.56 bits per heavy atom. The fourth-order valence-corrected chi connectivity index (χ4v) is 3.02. The van der Waals surface area contributed by atoms with Crippen LogP contribution < -0.4 is 5.32 Å². The summed E-state index contributed by atoms with van der Waals surface area (Å²) >= 11 is 0. The van der Waals surface area contributed by atoms with Crippen LogP contribution in [-0.4, -0.2) is 16.5 Å². The molecule has 0 atom stereocenters. The van der Waals surface area contributed by atoms with Crippen LogP contribution in [0.1, 0.15) is 25.7 Å². The number of hydrogen-bond donors (Lipinski definition) is 2. The van der Waals surface area contributed by atoms with Gasteiger partial charge < -0.3 is 10.3 Å². The Hall–Kier alpha value is -1.51. The normalized spacial score (nSPS) is 19.6. The van der Waals surface area contributed by atoms with Gasteiger partial charge in [0.2, 0.25) is 5.95 Å². The monoisotopic (exact) mass is 241 g/mol. The van der Waals surface area contributed by atoms with Gasteiger partial charge >= 0.3 is 0 Å². The number of anilines is 1. The smallest absolute Gasteiger partial charge is 0.201 e. The third-order valence-corrected chi connectivity index (χ3v) is 4.35. The highest BCUT2D eigenvalue weighted by atomic mass is 15.1. The maximum Gasteiger partial charge on any atom is 0.201 e. The summed E-state index contributed by atoms with van der Waals surface area (Å²) in [5, 5.41) is 3.51. The van der Waals surface area contributed by atoms with Crippen LogP contribution in [0.3, 0.4) is 0 Å². The first-order valence-corrected chi connectivity index (χ1v) is 7.09. The lowest BCUT2D eigenvalue weighted by atomic mass is 9.98. The van der Waals surface area contributed by atoms with Crippen molar-refractivity contribution < 1.29 is 0 Å². The van der Waals surface area contributed by atoms with Gasteiger partial charge in [0.05, 0.1) is 11.0 Å². The fraction of sp³-hybridized carbons (Fsp3) is 0.533. The Morgan fingerprint density at radius 2 is 1.89 bits per heavy atom. The van der Waals surface area contributed by atoms with E-state index < -0.39 is 0 Å². The van der Waals surface area contributed by atoms with Crippen molar-refractivity contribution >= 4 is 17.0 Å². The summed E-state index contributed by atoms with van der Waals surface area (Å²) in [4.78, 5) is 7.92. The molecule has 1 heterocycles. The average Bonchev–Trinajstić information content (AvgIpc) is 3.28. The van der Waals surface area contributed by atoms with Crippen LogP contribution in [0.4, 0.5) is 5.95 Å². The van der Waals surface area contributed by atoms with Crippen molar-refractivity contribution in [2.75, 3.05) is 11.9 Å². The van der Waals surface area contributed by atoms with E-state index in [1.165, 1.54) is 25.7 Å². The number of nitrogens with one attached hydrogen (secondary N) is 2. The van der Waals surface area contributed by atoms with E-state index in [-0.39, 0.29) is 0 Å². The minimum Gasteiger partial charge on any atom is -0.356 e. The molecule has 0 aliphatic heterocycles. The van der Waals surface area contributed by atoms with E-state index in [2.05, 4.69) is 27.4 Å². The van der Waals surface area contributed by atoms with E-state index in [4.69, 9.17) is 0 Å². The predicted molar refractivity (Wildman–Crippen MR) is 73.5 cm³/mol. The zero-order valence-electron chi connectivity index (χ0n) is 10.5. The van der Waals surface area contributed by atoms with E-state index in [1.807, 2.05) is 12.1 Å². The van der Waals surface area contributed by atoms with Gasteiger partial charge in [-0.15, -0.1) is 0 Å². The summed E-state index contributed by atoms with van der Waals surface area (Å²) < 4.78 is 0. The van der Waals surface area contributed by atoms with Crippen LogP contribution >= 0.6 is 0 Å². The number of imidazole rings is 1. The minimum atomic E-state index is 0.887. The lowest BCUT2D eigenvalue weighted by Gasteiger charge is -2.15. The molecule has 1 aromatic heterocycles. The number of aromatic amines is 1. The fourth-order valence-electron chi connectivity index (χ4n) is 3.02. The first-order chi connectivity index (χ1) is 8.90. The number of rotatable bonds is 5. The number of nitrogens with zero attached hydrogens (tertiary/aromatic N) is 1. The van der Waals surface area contributed by atoms with Crippen LogP contribution in [0.2, 0.25) is 0 Å². The minimum absolute atomic E-state index is 0.887. The number of para-hydroxylation sites is 2. The van der Waals surface area contributed by atoms with Crippen molar-refractivity contribution in [3.63, 3.8) is 0 Å². The van der Waals surface area contributed by atoms with Gasteiger partial charge in [0.25, 0.3) is 0 Å². The van der Waals surface area contributed by atoms with E-state index in [0.29, 0.717) is 0 Å². The van der Waals surface area contributed by atoms with Crippen LogP contribution in [0.25, 0.3) is 11.0 Å². The lowest BCUT2D eigenvalue weighted by Crippen LogP contribution is -2.18. The van der Waals surface area contributed by atoms with Crippen LogP contribution in [0, 0.1) is 17.8 Å². The Morgan fingerprint density at radius 1 is 1.17 bits per heavy atom. The van der Waals surface area contributed by atoms with Crippen molar-refractivity contribution in [1.82, 2.24) is 9.97 Å². The molecule has 2 fully saturated rings. The summed E-state index contributed by atoms with van der Waals surface area (Å²) in [6, 6.07) is 8.20. The summed E-state index contributed by atoms with van der Waals surface area (Å²) in [6.45, 7) is 1.09. The molecule has 2 saturated carbocycles. The Labute approximate surface area is 107 Å². The second kappa shape index (κ2) is 4.01. The molecule has 2 aliphatic rings. The van der Waals surface area contributed by atoms with Gasteiger partial charge in [-0.05, 0) is 55.6 Å². The molecule has 94 valence electrons. The molecule has 0 unspecified atom stereocenters. The molecular weight excluding hydrogens is 222 g/mol. The highest BCUT2D eigenvalue weighted by Gasteiger charge is 2.41. The first-order valence-electron chi connectivity index (χ1n) is 7.09. The van der Waals surface area contributed by atoms with E-state index in [1.54, 1.807) is 0 Å². The van der Waals surface area contributed by atoms with E-state index >= 15 is 0 Å². The summed E-state index contributed by atoms with van der Waals surface area (Å²) in [6.07, 6.45) is 5.79. The number of benzene rings is 1. The van der Waals surface area contributed by atoms with Crippen molar-refractivity contribution in [2.45, 2.75) is 25.7 Å². The van der Waals surface area contributed by atoms with E-state index in [0.717, 1.165) is 41.3 Å². The molecule has 3 heteroatoms. The standard InChI is InChI=1S/C15H19N3/c1-2-4-14-13(3-1)17-15(18-14)16-9-12(10-5-6-10)11-7-8-11/h1-4,10-12H,5-9H2,(H2,16,17,18). The predicted octanol–water partition coefficient (Wildman–Crippen LogP) is 3.41. The third-order valence-electron chi connectivity index (χ3n) is 4.35. The van der Waals surface area contributed by atoms with Gasteiger partial charge in [0, 0.05) is 6.54 Å². The molecule has 2 aliphatic carbocycles. The van der Waals surface area contributed by atoms with Crippen LogP contribution in [0.15, 0.2) is 24.3 Å². The number of hydrogen-bond acceptors (Lipinski definition) is 2. The second-order valence-electron chi connectivity index (χ2n) is 5.82. The molecule has 18 heavy (non-hydrogen) atoms. The zero-order valence-corrected chi connectivity index (χ0v) is 10.5. The van der Waals surface area contributed by atoms with Crippen molar-refractivity contribution in [3.05, 3.63) is 24.3 Å². The molecule has 4 rings (SSSR count). The molecule has 2 aromatic rings. The van der Waals surface area contributed by atoms with Gasteiger partial charge in [-0.2, -0.15) is 0 Å². The molecule has 0 spiro atoms. The summed E-state index contributed by atoms with van der Waals surface area (Å²) in [7, 11) is 0. The van der Waals surface area contributed by atoms with E-state index in [9.17, 15) is 0 Å². The van der Waals surface area contributed by atoms with Crippen LogP contribution in [0.5, 0.6) is 0 Å². The molecule has 0 amide bonds. The number of H-pyrrole nitrogens is 1. The summed E-state index contributed by atoms with van der Waals surface area (Å²) in [5.74, 6) is 3.81. The van der Waals surface area contributed by atoms with Crippen molar-refractivity contribution in [1.29, 1.82) is 0 Å². The molecular formula is C15H19N3. The first kappa shape index (κ1) is 10.4. The maximum atomic E-state index is 4.58. The van der Waals surface area contributed by atoms with Gasteiger partial charge in [-0.25, -0.2) is 4.98 Å². The summed E-state index contributed by atoms with van der Waals surface area (Å²) in [5.41, 5.74) is 2.17. The maximum absolute atomic E-state index is 4.58. The highest BCUT2D eigenvalue weighted by molar-refractivity contribution is 5.77. The van der Waals surface area contributed by atoms with Crippen LogP contribution in [-0.2, 0) is 0 Å².